The Morgan fingerprint density at radius 3 is 2.96 bits per heavy atom. The van der Waals surface area contributed by atoms with Crippen molar-refractivity contribution in [1.82, 2.24) is 5.32 Å². The van der Waals surface area contributed by atoms with Crippen LogP contribution in [0.2, 0.25) is 5.02 Å². The molecule has 0 saturated carbocycles. The monoisotopic (exact) mass is 378 g/mol. The fraction of sp³-hybridized carbons (Fsp3) is 0.389. The van der Waals surface area contributed by atoms with Gasteiger partial charge in [-0.25, -0.2) is 0 Å². The zero-order valence-corrected chi connectivity index (χ0v) is 15.8. The number of ether oxygens (including phenoxy) is 1. The molecule has 25 heavy (non-hydrogen) atoms. The van der Waals surface area contributed by atoms with Crippen LogP contribution in [0.1, 0.15) is 39.5 Å². The van der Waals surface area contributed by atoms with Crippen molar-refractivity contribution >= 4 is 33.8 Å². The van der Waals surface area contributed by atoms with Gasteiger partial charge >= 0.3 is 0 Å². The van der Waals surface area contributed by atoms with E-state index in [0.29, 0.717) is 10.8 Å². The van der Waals surface area contributed by atoms with E-state index < -0.39 is 0 Å². The maximum absolute atomic E-state index is 12.8. The van der Waals surface area contributed by atoms with Crippen LogP contribution < -0.4 is 20.3 Å². The number of halogens is 1. The molecule has 0 spiro atoms. The van der Waals surface area contributed by atoms with Crippen molar-refractivity contribution in [3.63, 3.8) is 0 Å². The molecule has 1 amide bonds. The predicted octanol–water partition coefficient (Wildman–Crippen LogP) is 2.23. The molecule has 1 aromatic carbocycles. The summed E-state index contributed by atoms with van der Waals surface area (Å²) in [6.07, 6.45) is 0.691. The lowest BCUT2D eigenvalue weighted by Crippen LogP contribution is -3.11. The number of nitrogens with one attached hydrogen (secondary N) is 3. The van der Waals surface area contributed by atoms with Crippen molar-refractivity contribution in [3.8, 4) is 5.75 Å². The third-order valence-electron chi connectivity index (χ3n) is 5.02. The summed E-state index contributed by atoms with van der Waals surface area (Å²) in [5.74, 6) is 0.630. The van der Waals surface area contributed by atoms with E-state index in [4.69, 9.17) is 16.3 Å². The summed E-state index contributed by atoms with van der Waals surface area (Å²) in [7, 11) is 1.59. The van der Waals surface area contributed by atoms with Gasteiger partial charge in [-0.3, -0.25) is 4.79 Å². The topological polar surface area (TPSA) is 54.8 Å². The van der Waals surface area contributed by atoms with Gasteiger partial charge in [-0.1, -0.05) is 17.7 Å². The normalized spacial score (nSPS) is 21.8. The molecule has 3 heterocycles. The Kier molecular flexibility index (Phi) is 4.35. The number of amides is 1. The molecule has 0 fully saturated rings. The zero-order chi connectivity index (χ0) is 17.6. The van der Waals surface area contributed by atoms with Gasteiger partial charge in [-0.05, 0) is 30.2 Å². The lowest BCUT2D eigenvalue weighted by Gasteiger charge is -2.27. The second kappa shape index (κ2) is 6.52. The quantitative estimate of drug-likeness (QED) is 0.767. The maximum atomic E-state index is 12.8. The molecule has 7 heteroatoms. The molecule has 1 unspecified atom stereocenters. The Bertz CT molecular complexity index is 836. The number of hydrogen-bond donors (Lipinski definition) is 3. The third kappa shape index (κ3) is 2.88. The smallest absolute Gasteiger partial charge is 0.256 e. The van der Waals surface area contributed by atoms with Crippen molar-refractivity contribution < 1.29 is 14.4 Å². The molecule has 132 valence electrons. The number of methoxy groups -OCH3 is 1. The fourth-order valence-electron chi connectivity index (χ4n) is 3.58. The molecule has 2 aliphatic heterocycles. The average molecular weight is 379 g/mol. The molecular weight excluding hydrogens is 358 g/mol. The van der Waals surface area contributed by atoms with Crippen LogP contribution in [-0.2, 0) is 13.0 Å². The molecule has 2 aliphatic rings. The lowest BCUT2D eigenvalue weighted by atomic mass is 10.0. The van der Waals surface area contributed by atoms with Crippen molar-refractivity contribution in [3.05, 3.63) is 44.8 Å². The van der Waals surface area contributed by atoms with E-state index in [1.165, 1.54) is 10.4 Å². The highest BCUT2D eigenvalue weighted by Crippen LogP contribution is 2.39. The summed E-state index contributed by atoms with van der Waals surface area (Å²) in [6.45, 7) is 5.44. The number of hydrogen-bond acceptors (Lipinski definition) is 4. The molecule has 3 N–H and O–H groups in total. The largest absolute Gasteiger partial charge is 0.495 e. The molecule has 4 rings (SSSR count). The van der Waals surface area contributed by atoms with Gasteiger partial charge in [0.2, 0.25) is 0 Å². The fourth-order valence-corrected chi connectivity index (χ4v) is 5.19. The van der Waals surface area contributed by atoms with Crippen LogP contribution in [0.25, 0.3) is 0 Å². The Hall–Kier alpha value is -1.76. The summed E-state index contributed by atoms with van der Waals surface area (Å²) in [4.78, 5) is 15.7. The summed E-state index contributed by atoms with van der Waals surface area (Å²) in [5, 5.41) is 8.05. The Labute approximate surface area is 155 Å². The van der Waals surface area contributed by atoms with Gasteiger partial charge in [0.1, 0.15) is 23.5 Å². The molecule has 2 aromatic rings. The number of thiophene rings is 1. The number of carbonyl (C=O) groups excluding carboxylic acids is 1. The standard InChI is InChI=1S/C18H20ClN3O2S/c1-3-22-7-6-11-14(9-22)25-18-15(11)17(23)20-16(21-18)10-4-5-13(24-2)12(19)8-10/h4-5,8,16,21H,3,6-7,9H2,1-2H3,(H,20,23)/p+1/t16-/m0/s1. The Morgan fingerprint density at radius 2 is 2.24 bits per heavy atom. The van der Waals surface area contributed by atoms with Crippen LogP contribution in [0.5, 0.6) is 5.75 Å². The first kappa shape index (κ1) is 16.7. The molecule has 5 nitrogen and oxygen atoms in total. The average Bonchev–Trinajstić information content (AvgIpc) is 2.99. The van der Waals surface area contributed by atoms with E-state index >= 15 is 0 Å². The Balaban J connectivity index is 1.65. The first-order valence-electron chi connectivity index (χ1n) is 8.49. The minimum atomic E-state index is -0.280. The molecule has 0 radical (unpaired) electrons. The number of anilines is 1. The van der Waals surface area contributed by atoms with Crippen molar-refractivity contribution in [2.24, 2.45) is 0 Å². The van der Waals surface area contributed by atoms with Crippen LogP contribution in [0.3, 0.4) is 0 Å². The van der Waals surface area contributed by atoms with E-state index in [9.17, 15) is 4.79 Å². The summed E-state index contributed by atoms with van der Waals surface area (Å²) in [5.41, 5.74) is 2.98. The first-order chi connectivity index (χ1) is 12.1. The van der Waals surface area contributed by atoms with E-state index in [0.717, 1.165) is 42.2 Å². The van der Waals surface area contributed by atoms with E-state index in [2.05, 4.69) is 17.6 Å². The minimum Gasteiger partial charge on any atom is -0.495 e. The van der Waals surface area contributed by atoms with Crippen molar-refractivity contribution in [1.29, 1.82) is 0 Å². The summed E-state index contributed by atoms with van der Waals surface area (Å²) < 4.78 is 5.20. The maximum Gasteiger partial charge on any atom is 0.256 e. The molecule has 1 aromatic heterocycles. The molecule has 2 atom stereocenters. The van der Waals surface area contributed by atoms with E-state index in [1.807, 2.05) is 18.2 Å². The van der Waals surface area contributed by atoms with Crippen LogP contribution in [-0.4, -0.2) is 26.1 Å². The van der Waals surface area contributed by atoms with Crippen LogP contribution in [0.15, 0.2) is 18.2 Å². The lowest BCUT2D eigenvalue weighted by molar-refractivity contribution is -0.913. The van der Waals surface area contributed by atoms with Gasteiger partial charge in [0.05, 0.1) is 35.7 Å². The predicted molar refractivity (Wildman–Crippen MR) is 99.9 cm³/mol. The van der Waals surface area contributed by atoms with Gasteiger partial charge in [0.25, 0.3) is 5.91 Å². The SMILES string of the molecule is CC[NH+]1CCc2c(sc3c2C(=O)N[C@H](c2ccc(OC)c(Cl)c2)N3)C1. The molecule has 0 saturated heterocycles. The summed E-state index contributed by atoms with van der Waals surface area (Å²) in [6, 6.07) is 5.58. The summed E-state index contributed by atoms with van der Waals surface area (Å²) >= 11 is 7.95. The highest BCUT2D eigenvalue weighted by Gasteiger charge is 2.34. The number of quaternary nitrogens is 1. The van der Waals surface area contributed by atoms with Crippen LogP contribution >= 0.6 is 22.9 Å². The van der Waals surface area contributed by atoms with Gasteiger partial charge in [0, 0.05) is 6.42 Å². The molecule has 0 aliphatic carbocycles. The number of likely N-dealkylation sites (N-methyl/N-ethyl adjacent to an activating group) is 1. The van der Waals surface area contributed by atoms with Gasteiger partial charge in [0.15, 0.2) is 0 Å². The Morgan fingerprint density at radius 1 is 1.40 bits per heavy atom. The van der Waals surface area contributed by atoms with Crippen molar-refractivity contribution in [2.45, 2.75) is 26.1 Å². The van der Waals surface area contributed by atoms with E-state index in [-0.39, 0.29) is 12.1 Å². The number of rotatable bonds is 3. The van der Waals surface area contributed by atoms with Gasteiger partial charge in [-0.2, -0.15) is 0 Å². The van der Waals surface area contributed by atoms with Gasteiger partial charge < -0.3 is 20.3 Å². The second-order valence-electron chi connectivity index (χ2n) is 6.43. The molecule has 0 bridgehead atoms. The van der Waals surface area contributed by atoms with Crippen LogP contribution in [0.4, 0.5) is 5.00 Å². The number of benzene rings is 1. The van der Waals surface area contributed by atoms with E-state index in [1.54, 1.807) is 23.3 Å². The molecular formula is C18H21ClN3O2S+. The zero-order valence-electron chi connectivity index (χ0n) is 14.2. The number of carbonyl (C=O) groups is 1. The second-order valence-corrected chi connectivity index (χ2v) is 7.95. The number of fused-ring (bicyclic) bond motifs is 3. The first-order valence-corrected chi connectivity index (χ1v) is 9.69. The third-order valence-corrected chi connectivity index (χ3v) is 6.48. The highest BCUT2D eigenvalue weighted by atomic mass is 35.5. The highest BCUT2D eigenvalue weighted by molar-refractivity contribution is 7.16. The van der Waals surface area contributed by atoms with Crippen LogP contribution in [0, 0.1) is 0 Å². The van der Waals surface area contributed by atoms with Crippen molar-refractivity contribution in [2.75, 3.05) is 25.5 Å². The van der Waals surface area contributed by atoms with Gasteiger partial charge in [-0.15, -0.1) is 11.3 Å². The minimum absolute atomic E-state index is 0.00291.